The van der Waals surface area contributed by atoms with E-state index in [1.807, 2.05) is 6.07 Å². The van der Waals surface area contributed by atoms with Crippen LogP contribution >= 0.6 is 0 Å². The highest BCUT2D eigenvalue weighted by atomic mass is 16.4. The molecule has 0 aliphatic carbocycles. The fourth-order valence-electron chi connectivity index (χ4n) is 1.42. The Balaban J connectivity index is 3.32. The predicted octanol–water partition coefficient (Wildman–Crippen LogP) is 1.29. The minimum Gasteiger partial charge on any atom is -0.479 e. The molecular weight excluding hydrogens is 194 g/mol. The first-order valence-corrected chi connectivity index (χ1v) is 4.39. The monoisotopic (exact) mass is 205 g/mol. The van der Waals surface area contributed by atoms with Gasteiger partial charge >= 0.3 is 5.97 Å². The first-order valence-electron chi connectivity index (χ1n) is 4.39. The van der Waals surface area contributed by atoms with E-state index in [2.05, 4.69) is 0 Å². The molecule has 1 aromatic rings. The summed E-state index contributed by atoms with van der Waals surface area (Å²) in [6.45, 7) is 3.47. The van der Waals surface area contributed by atoms with Gasteiger partial charge in [-0.2, -0.15) is 5.26 Å². The van der Waals surface area contributed by atoms with E-state index >= 15 is 0 Å². The first kappa shape index (κ1) is 11.2. The molecule has 0 bridgehead atoms. The number of hydrogen-bond donors (Lipinski definition) is 2. The van der Waals surface area contributed by atoms with E-state index in [1.54, 1.807) is 19.9 Å². The highest BCUT2D eigenvalue weighted by Crippen LogP contribution is 2.21. The summed E-state index contributed by atoms with van der Waals surface area (Å²) in [6.07, 6.45) is -1.57. The summed E-state index contributed by atoms with van der Waals surface area (Å²) in [5.74, 6) is -1.31. The summed E-state index contributed by atoms with van der Waals surface area (Å²) < 4.78 is 0. The maximum Gasteiger partial charge on any atom is 0.337 e. The molecule has 0 aromatic heterocycles. The lowest BCUT2D eigenvalue weighted by atomic mass is 9.97. The Morgan fingerprint density at radius 2 is 2.00 bits per heavy atom. The van der Waals surface area contributed by atoms with Crippen LogP contribution in [0.4, 0.5) is 0 Å². The molecule has 0 fully saturated rings. The number of aliphatic carboxylic acids is 1. The number of rotatable bonds is 2. The topological polar surface area (TPSA) is 81.3 Å². The van der Waals surface area contributed by atoms with Crippen LogP contribution in [0.2, 0.25) is 0 Å². The van der Waals surface area contributed by atoms with Crippen molar-refractivity contribution in [3.63, 3.8) is 0 Å². The van der Waals surface area contributed by atoms with Crippen molar-refractivity contribution in [2.24, 2.45) is 0 Å². The summed E-state index contributed by atoms with van der Waals surface area (Å²) in [5, 5.41) is 26.8. The third-order valence-corrected chi connectivity index (χ3v) is 2.26. The Morgan fingerprint density at radius 3 is 2.47 bits per heavy atom. The standard InChI is InChI=1S/C11H11NO3/c1-6-3-7(2)9(4-8(6)5-12)10(13)11(14)15/h3-4,10,13H,1-2H3,(H,14,15). The van der Waals surface area contributed by atoms with Crippen LogP contribution in [0.5, 0.6) is 0 Å². The van der Waals surface area contributed by atoms with Crippen molar-refractivity contribution in [2.75, 3.05) is 0 Å². The molecule has 0 spiro atoms. The van der Waals surface area contributed by atoms with Crippen molar-refractivity contribution in [1.82, 2.24) is 0 Å². The third-order valence-electron chi connectivity index (χ3n) is 2.26. The second kappa shape index (κ2) is 4.11. The Kier molecular flexibility index (Phi) is 3.08. The molecule has 78 valence electrons. The van der Waals surface area contributed by atoms with Crippen molar-refractivity contribution >= 4 is 5.97 Å². The molecule has 0 saturated carbocycles. The number of benzene rings is 1. The molecule has 4 nitrogen and oxygen atoms in total. The SMILES string of the molecule is Cc1cc(C)c(C(O)C(=O)O)cc1C#N. The van der Waals surface area contributed by atoms with Gasteiger partial charge in [0, 0.05) is 0 Å². The third kappa shape index (κ3) is 2.14. The average Bonchev–Trinajstić information content (AvgIpc) is 2.17. The van der Waals surface area contributed by atoms with E-state index < -0.39 is 12.1 Å². The summed E-state index contributed by atoms with van der Waals surface area (Å²) in [4.78, 5) is 10.6. The highest BCUT2D eigenvalue weighted by Gasteiger charge is 2.19. The number of aryl methyl sites for hydroxylation is 2. The van der Waals surface area contributed by atoms with E-state index in [-0.39, 0.29) is 5.56 Å². The second-order valence-corrected chi connectivity index (χ2v) is 3.38. The van der Waals surface area contributed by atoms with Gasteiger partial charge < -0.3 is 10.2 Å². The van der Waals surface area contributed by atoms with Crippen molar-refractivity contribution in [3.8, 4) is 6.07 Å². The van der Waals surface area contributed by atoms with Gasteiger partial charge in [-0.05, 0) is 36.6 Å². The van der Waals surface area contributed by atoms with Crippen LogP contribution < -0.4 is 0 Å². The zero-order valence-corrected chi connectivity index (χ0v) is 8.48. The van der Waals surface area contributed by atoms with Crippen molar-refractivity contribution in [2.45, 2.75) is 20.0 Å². The summed E-state index contributed by atoms with van der Waals surface area (Å²) in [6, 6.07) is 5.07. The van der Waals surface area contributed by atoms with E-state index in [4.69, 9.17) is 10.4 Å². The summed E-state index contributed by atoms with van der Waals surface area (Å²) >= 11 is 0. The van der Waals surface area contributed by atoms with Gasteiger partial charge in [0.2, 0.25) is 0 Å². The molecule has 0 aliphatic rings. The number of nitrogens with zero attached hydrogens (tertiary/aromatic N) is 1. The average molecular weight is 205 g/mol. The molecular formula is C11H11NO3. The summed E-state index contributed by atoms with van der Waals surface area (Å²) in [7, 11) is 0. The molecule has 15 heavy (non-hydrogen) atoms. The van der Waals surface area contributed by atoms with Crippen LogP contribution in [-0.2, 0) is 4.79 Å². The number of carbonyl (C=O) groups is 1. The van der Waals surface area contributed by atoms with Gasteiger partial charge in [-0.25, -0.2) is 4.79 Å². The first-order chi connectivity index (χ1) is 6.97. The van der Waals surface area contributed by atoms with Crippen molar-refractivity contribution in [3.05, 3.63) is 34.4 Å². The van der Waals surface area contributed by atoms with Gasteiger partial charge in [0.25, 0.3) is 0 Å². The molecule has 4 heteroatoms. The minimum atomic E-state index is -1.57. The molecule has 0 amide bonds. The highest BCUT2D eigenvalue weighted by molar-refractivity contribution is 5.75. The number of carboxylic acids is 1. The second-order valence-electron chi connectivity index (χ2n) is 3.38. The van der Waals surface area contributed by atoms with E-state index in [0.29, 0.717) is 11.1 Å². The molecule has 0 heterocycles. The normalized spacial score (nSPS) is 11.9. The molecule has 0 aliphatic heterocycles. The lowest BCUT2D eigenvalue weighted by Gasteiger charge is -2.11. The molecule has 1 rings (SSSR count). The zero-order valence-electron chi connectivity index (χ0n) is 8.48. The Morgan fingerprint density at radius 1 is 1.40 bits per heavy atom. The Bertz CT molecular complexity index is 446. The fourth-order valence-corrected chi connectivity index (χ4v) is 1.42. The lowest BCUT2D eigenvalue weighted by molar-refractivity contribution is -0.147. The molecule has 1 aromatic carbocycles. The van der Waals surface area contributed by atoms with Gasteiger partial charge in [-0.1, -0.05) is 6.07 Å². The van der Waals surface area contributed by atoms with Crippen LogP contribution in [-0.4, -0.2) is 16.2 Å². The van der Waals surface area contributed by atoms with E-state index in [9.17, 15) is 9.90 Å². The van der Waals surface area contributed by atoms with E-state index in [1.165, 1.54) is 6.07 Å². The summed E-state index contributed by atoms with van der Waals surface area (Å²) in [5.41, 5.74) is 2.10. The maximum atomic E-state index is 10.6. The van der Waals surface area contributed by atoms with Crippen molar-refractivity contribution < 1.29 is 15.0 Å². The number of hydrogen-bond acceptors (Lipinski definition) is 3. The smallest absolute Gasteiger partial charge is 0.337 e. The zero-order chi connectivity index (χ0) is 11.6. The van der Waals surface area contributed by atoms with Gasteiger partial charge in [0.05, 0.1) is 11.6 Å². The molecule has 2 N–H and O–H groups in total. The fraction of sp³-hybridized carbons (Fsp3) is 0.273. The molecule has 0 saturated heterocycles. The van der Waals surface area contributed by atoms with Gasteiger partial charge in [-0.3, -0.25) is 0 Å². The molecule has 0 radical (unpaired) electrons. The number of aliphatic hydroxyl groups is 1. The molecule has 1 atom stereocenters. The lowest BCUT2D eigenvalue weighted by Crippen LogP contribution is -2.12. The number of carboxylic acid groups (broad SMARTS) is 1. The van der Waals surface area contributed by atoms with Crippen LogP contribution in [0, 0.1) is 25.2 Å². The minimum absolute atomic E-state index is 0.268. The van der Waals surface area contributed by atoms with Crippen LogP contribution in [0.25, 0.3) is 0 Å². The largest absolute Gasteiger partial charge is 0.479 e. The van der Waals surface area contributed by atoms with Crippen LogP contribution in [0.1, 0.15) is 28.4 Å². The molecule has 1 unspecified atom stereocenters. The van der Waals surface area contributed by atoms with Gasteiger partial charge in [0.15, 0.2) is 6.10 Å². The van der Waals surface area contributed by atoms with Gasteiger partial charge in [0.1, 0.15) is 0 Å². The van der Waals surface area contributed by atoms with Crippen LogP contribution in [0.15, 0.2) is 12.1 Å². The number of nitriles is 1. The quantitative estimate of drug-likeness (QED) is 0.762. The van der Waals surface area contributed by atoms with Crippen LogP contribution in [0.3, 0.4) is 0 Å². The van der Waals surface area contributed by atoms with Crippen molar-refractivity contribution in [1.29, 1.82) is 5.26 Å². The van der Waals surface area contributed by atoms with E-state index in [0.717, 1.165) is 5.56 Å². The number of aliphatic hydroxyl groups excluding tert-OH is 1. The Labute approximate surface area is 87.4 Å². The Hall–Kier alpha value is -1.86. The van der Waals surface area contributed by atoms with Gasteiger partial charge in [-0.15, -0.1) is 0 Å². The maximum absolute atomic E-state index is 10.6. The predicted molar refractivity (Wildman–Crippen MR) is 53.2 cm³/mol.